The molecule has 0 amide bonds. The first-order chi connectivity index (χ1) is 9.19. The molecule has 4 nitrogen and oxygen atoms in total. The Morgan fingerprint density at radius 3 is 2.20 bits per heavy atom. The molecule has 108 valence electrons. The van der Waals surface area contributed by atoms with Gasteiger partial charge in [0.05, 0.1) is 4.90 Å². The van der Waals surface area contributed by atoms with Crippen molar-refractivity contribution in [3.05, 3.63) is 34.3 Å². The maximum absolute atomic E-state index is 12.1. The largest absolute Gasteiger partial charge is 0.477 e. The van der Waals surface area contributed by atoms with Gasteiger partial charge in [-0.2, -0.15) is 0 Å². The van der Waals surface area contributed by atoms with E-state index < -0.39 is 15.4 Å². The van der Waals surface area contributed by atoms with Crippen LogP contribution < -0.4 is 0 Å². The third-order valence-corrected chi connectivity index (χ3v) is 5.27. The molecule has 0 aromatic heterocycles. The Hall–Kier alpha value is -1.14. The number of benzene rings is 1. The van der Waals surface area contributed by atoms with Gasteiger partial charge in [0.2, 0.25) is 5.78 Å². The smallest absolute Gasteiger partial charge is 0.216 e. The molecule has 1 aliphatic heterocycles. The minimum atomic E-state index is -3.23. The van der Waals surface area contributed by atoms with Crippen molar-refractivity contribution < 1.29 is 17.9 Å². The van der Waals surface area contributed by atoms with Crippen LogP contribution in [0.5, 0.6) is 0 Å². The summed E-state index contributed by atoms with van der Waals surface area (Å²) in [4.78, 5) is 12.4. The molecule has 1 aromatic rings. The molecule has 20 heavy (non-hydrogen) atoms. The topological polar surface area (TPSA) is 60.4 Å². The van der Waals surface area contributed by atoms with Gasteiger partial charge in [0.15, 0.2) is 15.4 Å². The number of sulfone groups is 1. The van der Waals surface area contributed by atoms with E-state index in [9.17, 15) is 13.2 Å². The van der Waals surface area contributed by atoms with Crippen molar-refractivity contribution in [3.63, 3.8) is 0 Å². The monoisotopic (exact) mass is 358 g/mol. The molecule has 0 spiro atoms. The van der Waals surface area contributed by atoms with E-state index in [1.165, 1.54) is 12.1 Å². The highest BCUT2D eigenvalue weighted by Gasteiger charge is 2.43. The molecule has 1 unspecified atom stereocenters. The van der Waals surface area contributed by atoms with Crippen LogP contribution >= 0.6 is 15.9 Å². The second kappa shape index (κ2) is 5.00. The SMILES string of the molecule is CCC1(C)OC(c2ccc(S(C)(=O)=O)cc2)=C(Br)C1=O. The van der Waals surface area contributed by atoms with Crippen LogP contribution in [-0.4, -0.2) is 26.1 Å². The quantitative estimate of drug-likeness (QED) is 0.833. The van der Waals surface area contributed by atoms with E-state index >= 15 is 0 Å². The fourth-order valence-electron chi connectivity index (χ4n) is 1.92. The second-order valence-corrected chi connectivity index (χ2v) is 7.76. The predicted octanol–water partition coefficient (Wildman–Crippen LogP) is 2.92. The van der Waals surface area contributed by atoms with E-state index in [0.717, 1.165) is 6.26 Å². The fraction of sp³-hybridized carbons (Fsp3) is 0.357. The zero-order valence-electron chi connectivity index (χ0n) is 11.4. The van der Waals surface area contributed by atoms with Crippen LogP contribution in [0.25, 0.3) is 5.76 Å². The lowest BCUT2D eigenvalue weighted by Gasteiger charge is -2.21. The van der Waals surface area contributed by atoms with Crippen LogP contribution in [-0.2, 0) is 19.4 Å². The van der Waals surface area contributed by atoms with Gasteiger partial charge in [-0.05, 0) is 53.5 Å². The van der Waals surface area contributed by atoms with Crippen molar-refractivity contribution >= 4 is 37.3 Å². The highest BCUT2D eigenvalue weighted by molar-refractivity contribution is 9.12. The number of carbonyl (C=O) groups excluding carboxylic acids is 1. The summed E-state index contributed by atoms with van der Waals surface area (Å²) in [5.74, 6) is 0.363. The van der Waals surface area contributed by atoms with Crippen molar-refractivity contribution in [3.8, 4) is 0 Å². The average Bonchev–Trinajstić information content (AvgIpc) is 2.63. The molecule has 0 fully saturated rings. The Bertz CT molecular complexity index is 688. The number of carbonyl (C=O) groups is 1. The van der Waals surface area contributed by atoms with Crippen molar-refractivity contribution in [2.24, 2.45) is 0 Å². The number of Topliss-reactive ketones (excluding diaryl/α,β-unsaturated/α-hetero) is 1. The number of ketones is 1. The predicted molar refractivity (Wildman–Crippen MR) is 80.2 cm³/mol. The van der Waals surface area contributed by atoms with Crippen molar-refractivity contribution in [2.45, 2.75) is 30.8 Å². The molecular weight excluding hydrogens is 344 g/mol. The maximum atomic E-state index is 12.1. The molecule has 0 radical (unpaired) electrons. The highest BCUT2D eigenvalue weighted by Crippen LogP contribution is 2.40. The van der Waals surface area contributed by atoms with Gasteiger partial charge in [0.1, 0.15) is 10.2 Å². The summed E-state index contributed by atoms with van der Waals surface area (Å²) < 4.78 is 29.0. The summed E-state index contributed by atoms with van der Waals surface area (Å²) in [7, 11) is -3.23. The van der Waals surface area contributed by atoms with Crippen LogP contribution in [0.4, 0.5) is 0 Å². The average molecular weight is 359 g/mol. The highest BCUT2D eigenvalue weighted by atomic mass is 79.9. The Balaban J connectivity index is 2.41. The molecule has 0 saturated carbocycles. The molecule has 0 bridgehead atoms. The minimum absolute atomic E-state index is 0.0952. The molecule has 1 aliphatic rings. The van der Waals surface area contributed by atoms with Gasteiger partial charge in [0.25, 0.3) is 0 Å². The third kappa shape index (κ3) is 2.54. The lowest BCUT2D eigenvalue weighted by atomic mass is 9.99. The van der Waals surface area contributed by atoms with E-state index in [-0.39, 0.29) is 10.7 Å². The standard InChI is InChI=1S/C14H15BrO4S/c1-4-14(2)13(16)11(15)12(19-14)9-5-7-10(8-6-9)20(3,17)18/h5-8H,4H2,1-3H3. The summed E-state index contributed by atoms with van der Waals surface area (Å²) in [6.45, 7) is 3.63. The fourth-order valence-corrected chi connectivity index (χ4v) is 3.28. The van der Waals surface area contributed by atoms with Crippen molar-refractivity contribution in [1.82, 2.24) is 0 Å². The Kier molecular flexibility index (Phi) is 3.81. The van der Waals surface area contributed by atoms with Gasteiger partial charge < -0.3 is 4.74 Å². The normalized spacial score (nSPS) is 23.1. The van der Waals surface area contributed by atoms with Gasteiger partial charge in [-0.25, -0.2) is 8.42 Å². The van der Waals surface area contributed by atoms with Crippen LogP contribution in [0.1, 0.15) is 25.8 Å². The first kappa shape index (κ1) is 15.3. The molecule has 1 atom stereocenters. The van der Waals surface area contributed by atoms with Crippen molar-refractivity contribution in [2.75, 3.05) is 6.26 Å². The van der Waals surface area contributed by atoms with E-state index in [1.54, 1.807) is 19.1 Å². The van der Waals surface area contributed by atoms with Gasteiger partial charge in [-0.15, -0.1) is 0 Å². The van der Waals surface area contributed by atoms with Gasteiger partial charge in [-0.3, -0.25) is 4.79 Å². The zero-order chi connectivity index (χ0) is 15.1. The Labute approximate surface area is 126 Å². The van der Waals surface area contributed by atoms with E-state index in [1.807, 2.05) is 6.92 Å². The van der Waals surface area contributed by atoms with Gasteiger partial charge >= 0.3 is 0 Å². The number of ether oxygens (including phenoxy) is 1. The summed E-state index contributed by atoms with van der Waals surface area (Å²) in [5, 5.41) is 0. The molecule has 2 rings (SSSR count). The van der Waals surface area contributed by atoms with E-state index in [4.69, 9.17) is 4.74 Å². The lowest BCUT2D eigenvalue weighted by molar-refractivity contribution is -0.127. The zero-order valence-corrected chi connectivity index (χ0v) is 13.8. The number of hydrogen-bond acceptors (Lipinski definition) is 4. The number of halogens is 1. The van der Waals surface area contributed by atoms with Crippen molar-refractivity contribution in [1.29, 1.82) is 0 Å². The first-order valence-electron chi connectivity index (χ1n) is 6.13. The molecule has 0 aliphatic carbocycles. The molecule has 1 heterocycles. The first-order valence-corrected chi connectivity index (χ1v) is 8.81. The van der Waals surface area contributed by atoms with Crippen LogP contribution in [0.15, 0.2) is 33.6 Å². The molecule has 1 aromatic carbocycles. The molecule has 0 N–H and O–H groups in total. The summed E-state index contributed by atoms with van der Waals surface area (Å²) in [5.41, 5.74) is -0.182. The van der Waals surface area contributed by atoms with Gasteiger partial charge in [-0.1, -0.05) is 6.92 Å². The van der Waals surface area contributed by atoms with E-state index in [0.29, 0.717) is 22.2 Å². The molecule has 6 heteroatoms. The summed E-state index contributed by atoms with van der Waals surface area (Å²) in [6.07, 6.45) is 1.72. The van der Waals surface area contributed by atoms with Gasteiger partial charge in [0, 0.05) is 11.8 Å². The third-order valence-electron chi connectivity index (χ3n) is 3.43. The Morgan fingerprint density at radius 1 is 1.25 bits per heavy atom. The lowest BCUT2D eigenvalue weighted by Crippen LogP contribution is -2.32. The van der Waals surface area contributed by atoms with Crippen LogP contribution in [0.2, 0.25) is 0 Å². The van der Waals surface area contributed by atoms with Crippen LogP contribution in [0.3, 0.4) is 0 Å². The summed E-state index contributed by atoms with van der Waals surface area (Å²) in [6, 6.07) is 6.30. The molecular formula is C14H15BrO4S. The van der Waals surface area contributed by atoms with Crippen LogP contribution in [0, 0.1) is 0 Å². The summed E-state index contributed by atoms with van der Waals surface area (Å²) >= 11 is 3.27. The molecule has 0 saturated heterocycles. The maximum Gasteiger partial charge on any atom is 0.216 e. The Morgan fingerprint density at radius 2 is 1.80 bits per heavy atom. The number of hydrogen-bond donors (Lipinski definition) is 0. The number of rotatable bonds is 3. The van der Waals surface area contributed by atoms with E-state index in [2.05, 4.69) is 15.9 Å². The minimum Gasteiger partial charge on any atom is -0.477 e. The second-order valence-electron chi connectivity index (χ2n) is 4.96.